The summed E-state index contributed by atoms with van der Waals surface area (Å²) in [6.45, 7) is 0. The van der Waals surface area contributed by atoms with E-state index in [1.807, 2.05) is 18.2 Å². The maximum Gasteiger partial charge on any atom is 0.143 e. The summed E-state index contributed by atoms with van der Waals surface area (Å²) in [5, 5.41) is 5.26. The molecule has 0 aliphatic heterocycles. The molecule has 6 aromatic carbocycles. The first-order valence-corrected chi connectivity index (χ1v) is 13.4. The van der Waals surface area contributed by atoms with Crippen molar-refractivity contribution in [1.29, 1.82) is 0 Å². The van der Waals surface area contributed by atoms with Gasteiger partial charge in [0.25, 0.3) is 0 Å². The van der Waals surface area contributed by atoms with E-state index in [1.54, 1.807) is 0 Å². The van der Waals surface area contributed by atoms with E-state index in [1.165, 1.54) is 32.9 Å². The Kier molecular flexibility index (Phi) is 4.91. The number of furan rings is 1. The van der Waals surface area contributed by atoms with Crippen LogP contribution >= 0.6 is 11.6 Å². The fourth-order valence-corrected chi connectivity index (χ4v) is 6.04. The van der Waals surface area contributed by atoms with E-state index in [2.05, 4.69) is 120 Å². The van der Waals surface area contributed by atoms with Crippen LogP contribution < -0.4 is 0 Å². The van der Waals surface area contributed by atoms with Crippen LogP contribution in [0, 0.1) is 0 Å². The topological polar surface area (TPSA) is 18.1 Å². The second kappa shape index (κ2) is 8.62. The lowest BCUT2D eigenvalue weighted by Crippen LogP contribution is -1.94. The van der Waals surface area contributed by atoms with Gasteiger partial charge in [-0.3, -0.25) is 0 Å². The van der Waals surface area contributed by atoms with Gasteiger partial charge in [-0.05, 0) is 65.2 Å². The first kappa shape index (κ1) is 22.2. The van der Waals surface area contributed by atoms with Gasteiger partial charge in [0.15, 0.2) is 0 Å². The quantitative estimate of drug-likeness (QED) is 0.227. The summed E-state index contributed by atoms with van der Waals surface area (Å²) < 4.78 is 8.72. The molecule has 0 unspecified atom stereocenters. The molecule has 39 heavy (non-hydrogen) atoms. The number of halogens is 1. The van der Waals surface area contributed by atoms with Crippen molar-refractivity contribution in [3.8, 4) is 27.9 Å². The first-order chi connectivity index (χ1) is 19.2. The average molecular weight is 520 g/mol. The Balaban J connectivity index is 1.35. The molecular formula is C36H22ClNO. The highest BCUT2D eigenvalue weighted by Gasteiger charge is 2.16. The minimum absolute atomic E-state index is 0.709. The van der Waals surface area contributed by atoms with Crippen molar-refractivity contribution in [3.05, 3.63) is 138 Å². The summed E-state index contributed by atoms with van der Waals surface area (Å²) in [6, 6.07) is 46.8. The highest BCUT2D eigenvalue weighted by Crippen LogP contribution is 2.40. The Labute approximate surface area is 230 Å². The molecule has 3 heteroatoms. The number of aromatic nitrogens is 1. The molecule has 0 bridgehead atoms. The van der Waals surface area contributed by atoms with Gasteiger partial charge in [-0.15, -0.1) is 0 Å². The Morgan fingerprint density at radius 1 is 0.487 bits per heavy atom. The van der Waals surface area contributed by atoms with E-state index in [-0.39, 0.29) is 0 Å². The van der Waals surface area contributed by atoms with Gasteiger partial charge in [0.05, 0.1) is 11.0 Å². The van der Waals surface area contributed by atoms with Crippen LogP contribution in [-0.4, -0.2) is 4.57 Å². The first-order valence-electron chi connectivity index (χ1n) is 13.0. The van der Waals surface area contributed by atoms with Gasteiger partial charge in [-0.25, -0.2) is 0 Å². The number of fused-ring (bicyclic) bond motifs is 6. The summed E-state index contributed by atoms with van der Waals surface area (Å²) in [5.41, 5.74) is 9.84. The molecule has 0 aliphatic carbocycles. The molecule has 0 spiro atoms. The van der Waals surface area contributed by atoms with Crippen molar-refractivity contribution in [1.82, 2.24) is 4.57 Å². The van der Waals surface area contributed by atoms with Crippen molar-refractivity contribution >= 4 is 55.3 Å². The molecule has 2 aromatic heterocycles. The van der Waals surface area contributed by atoms with Crippen LogP contribution in [0.2, 0.25) is 5.02 Å². The lowest BCUT2D eigenvalue weighted by molar-refractivity contribution is 0.670. The highest BCUT2D eigenvalue weighted by molar-refractivity contribution is 6.31. The second-order valence-electron chi connectivity index (χ2n) is 9.93. The molecule has 0 saturated heterocycles. The van der Waals surface area contributed by atoms with Gasteiger partial charge in [0, 0.05) is 37.8 Å². The zero-order valence-corrected chi connectivity index (χ0v) is 21.7. The molecule has 0 radical (unpaired) electrons. The molecule has 0 amide bonds. The van der Waals surface area contributed by atoms with Crippen molar-refractivity contribution in [3.63, 3.8) is 0 Å². The molecule has 0 saturated carbocycles. The second-order valence-corrected chi connectivity index (χ2v) is 10.4. The maximum atomic E-state index is 6.36. The number of hydrogen-bond donors (Lipinski definition) is 0. The predicted molar refractivity (Wildman–Crippen MR) is 164 cm³/mol. The van der Waals surface area contributed by atoms with Crippen molar-refractivity contribution < 1.29 is 4.42 Å². The Morgan fingerprint density at radius 2 is 1.26 bits per heavy atom. The van der Waals surface area contributed by atoms with Crippen molar-refractivity contribution in [2.45, 2.75) is 0 Å². The molecule has 8 aromatic rings. The van der Waals surface area contributed by atoms with Gasteiger partial charge in [0.2, 0.25) is 0 Å². The largest absolute Gasteiger partial charge is 0.455 e. The lowest BCUT2D eigenvalue weighted by Gasteiger charge is -2.11. The molecular weight excluding hydrogens is 498 g/mol. The van der Waals surface area contributed by atoms with Crippen LogP contribution in [0.5, 0.6) is 0 Å². The zero-order valence-electron chi connectivity index (χ0n) is 20.9. The van der Waals surface area contributed by atoms with Crippen LogP contribution in [0.25, 0.3) is 71.7 Å². The van der Waals surface area contributed by atoms with E-state index >= 15 is 0 Å². The Bertz CT molecular complexity index is 2190. The summed E-state index contributed by atoms with van der Waals surface area (Å²) in [5.74, 6) is 0. The van der Waals surface area contributed by atoms with Gasteiger partial charge < -0.3 is 8.98 Å². The minimum atomic E-state index is 0.709. The van der Waals surface area contributed by atoms with E-state index in [9.17, 15) is 0 Å². The summed E-state index contributed by atoms with van der Waals surface area (Å²) >= 11 is 6.31. The van der Waals surface area contributed by atoms with Gasteiger partial charge in [-0.1, -0.05) is 96.5 Å². The van der Waals surface area contributed by atoms with Crippen LogP contribution in [0.4, 0.5) is 0 Å². The van der Waals surface area contributed by atoms with Crippen LogP contribution in [0.3, 0.4) is 0 Å². The maximum absolute atomic E-state index is 6.36. The van der Waals surface area contributed by atoms with Gasteiger partial charge in [0.1, 0.15) is 11.2 Å². The third kappa shape index (κ3) is 3.49. The molecule has 2 heterocycles. The molecule has 0 fully saturated rings. The third-order valence-electron chi connectivity index (χ3n) is 7.65. The third-order valence-corrected chi connectivity index (χ3v) is 7.89. The highest BCUT2D eigenvalue weighted by atomic mass is 35.5. The number of rotatable bonds is 3. The number of hydrogen-bond acceptors (Lipinski definition) is 1. The molecule has 2 nitrogen and oxygen atoms in total. The minimum Gasteiger partial charge on any atom is -0.455 e. The molecule has 0 aliphatic rings. The van der Waals surface area contributed by atoms with E-state index in [0.29, 0.717) is 5.02 Å². The van der Waals surface area contributed by atoms with Crippen molar-refractivity contribution in [2.75, 3.05) is 0 Å². The summed E-state index contributed by atoms with van der Waals surface area (Å²) in [7, 11) is 0. The van der Waals surface area contributed by atoms with Gasteiger partial charge in [-0.2, -0.15) is 0 Å². The van der Waals surface area contributed by atoms with Crippen molar-refractivity contribution in [2.24, 2.45) is 0 Å². The summed E-state index contributed by atoms with van der Waals surface area (Å²) in [4.78, 5) is 0. The molecule has 184 valence electrons. The van der Waals surface area contributed by atoms with Crippen LogP contribution in [0.15, 0.2) is 138 Å². The van der Waals surface area contributed by atoms with E-state index < -0.39 is 0 Å². The smallest absolute Gasteiger partial charge is 0.143 e. The zero-order chi connectivity index (χ0) is 25.9. The predicted octanol–water partition coefficient (Wildman–Crippen LogP) is 10.7. The fourth-order valence-electron chi connectivity index (χ4n) is 5.87. The number of para-hydroxylation sites is 2. The number of nitrogens with zero attached hydrogens (tertiary/aromatic N) is 1. The lowest BCUT2D eigenvalue weighted by atomic mass is 10.0. The van der Waals surface area contributed by atoms with E-state index in [0.717, 1.165) is 38.8 Å². The van der Waals surface area contributed by atoms with Crippen LogP contribution in [0.1, 0.15) is 0 Å². The number of benzene rings is 6. The Morgan fingerprint density at radius 3 is 2.18 bits per heavy atom. The summed E-state index contributed by atoms with van der Waals surface area (Å²) in [6.07, 6.45) is 0. The standard InChI is InChI=1S/C36H22ClNO/c37-26-17-19-35-32(22-26)30-14-7-13-28(36(30)39-35)25-16-18-34-31(21-25)29-12-4-5-15-33(29)38(34)27-11-6-10-24(20-27)23-8-2-1-3-9-23/h1-22H. The fraction of sp³-hybridized carbons (Fsp3) is 0. The molecule has 0 N–H and O–H groups in total. The Hall–Kier alpha value is -4.79. The van der Waals surface area contributed by atoms with E-state index in [4.69, 9.17) is 16.0 Å². The SMILES string of the molecule is Clc1ccc2oc3c(-c4ccc5c(c4)c4ccccc4n5-c4cccc(-c5ccccc5)c4)cccc3c2c1. The average Bonchev–Trinajstić information content (AvgIpc) is 3.53. The van der Waals surface area contributed by atoms with Crippen LogP contribution in [-0.2, 0) is 0 Å². The normalized spacial score (nSPS) is 11.7. The molecule has 0 atom stereocenters. The monoisotopic (exact) mass is 519 g/mol. The van der Waals surface area contributed by atoms with Gasteiger partial charge >= 0.3 is 0 Å². The molecule has 8 rings (SSSR count).